The topological polar surface area (TPSA) is 17.0 Å². The third kappa shape index (κ3) is 5.46. The maximum absolute atomic E-state index is 3.66. The quantitative estimate of drug-likeness (QED) is 0.388. The van der Waals surface area contributed by atoms with Crippen LogP contribution >= 0.6 is 0 Å². The number of aryl methyl sites for hydroxylation is 1. The van der Waals surface area contributed by atoms with E-state index in [-0.39, 0.29) is 0 Å². The van der Waals surface area contributed by atoms with Gasteiger partial charge >= 0.3 is 0 Å². The average molecular weight is 363 g/mol. The number of nitrogens with one attached hydrogen (secondary N) is 1. The highest BCUT2D eigenvalue weighted by atomic mass is 15.0. The summed E-state index contributed by atoms with van der Waals surface area (Å²) >= 11 is 0. The van der Waals surface area contributed by atoms with E-state index >= 15 is 0 Å². The number of fused-ring (bicyclic) bond motifs is 1. The Labute approximate surface area is 164 Å². The van der Waals surface area contributed by atoms with Crippen LogP contribution in [-0.4, -0.2) is 11.1 Å². The molecule has 3 rings (SSSR count). The molecule has 2 aromatic carbocycles. The molecule has 1 N–H and O–H groups in total. The minimum Gasteiger partial charge on any atom is -0.343 e. The number of hydrogen-bond donors (Lipinski definition) is 1. The second kappa shape index (κ2) is 10.3. The molecule has 3 aromatic rings. The van der Waals surface area contributed by atoms with Crippen LogP contribution in [0.25, 0.3) is 10.9 Å². The van der Waals surface area contributed by atoms with Gasteiger partial charge in [-0.1, -0.05) is 81.5 Å². The number of unbranched alkanes of at least 4 members (excludes halogenated alkanes) is 5. The van der Waals surface area contributed by atoms with Crippen molar-refractivity contribution in [3.8, 4) is 0 Å². The highest BCUT2D eigenvalue weighted by Gasteiger charge is 2.09. The molecule has 0 radical (unpaired) electrons. The van der Waals surface area contributed by atoms with Gasteiger partial charge in [0.2, 0.25) is 0 Å². The van der Waals surface area contributed by atoms with Gasteiger partial charge in [0.25, 0.3) is 0 Å². The highest BCUT2D eigenvalue weighted by Crippen LogP contribution is 2.23. The first-order valence-electron chi connectivity index (χ1n) is 10.6. The zero-order valence-corrected chi connectivity index (χ0v) is 17.0. The Kier molecular flexibility index (Phi) is 7.53. The minimum atomic E-state index is 0.935. The van der Waals surface area contributed by atoms with Crippen LogP contribution in [0, 0.1) is 6.92 Å². The maximum atomic E-state index is 3.66. The number of hydrogen-bond acceptors (Lipinski definition) is 1. The molecule has 0 fully saturated rings. The van der Waals surface area contributed by atoms with Crippen LogP contribution in [0.4, 0.5) is 0 Å². The summed E-state index contributed by atoms with van der Waals surface area (Å²) in [5.74, 6) is 0. The Morgan fingerprint density at radius 2 is 1.56 bits per heavy atom. The Balaban J connectivity index is 1.60. The van der Waals surface area contributed by atoms with Crippen molar-refractivity contribution in [1.82, 2.24) is 9.88 Å². The van der Waals surface area contributed by atoms with Crippen LogP contribution in [-0.2, 0) is 13.1 Å². The van der Waals surface area contributed by atoms with Crippen LogP contribution in [0.2, 0.25) is 0 Å². The fourth-order valence-corrected chi connectivity index (χ4v) is 3.82. The predicted molar refractivity (Wildman–Crippen MR) is 117 cm³/mol. The van der Waals surface area contributed by atoms with Gasteiger partial charge in [-0.25, -0.2) is 0 Å². The van der Waals surface area contributed by atoms with Crippen LogP contribution in [0.15, 0.2) is 54.7 Å². The molecule has 144 valence electrons. The lowest BCUT2D eigenvalue weighted by molar-refractivity contribution is 0.572. The molecule has 0 spiro atoms. The van der Waals surface area contributed by atoms with Crippen LogP contribution in [0.5, 0.6) is 0 Å². The number of nitrogens with zero attached hydrogens (tertiary/aromatic N) is 1. The van der Waals surface area contributed by atoms with E-state index in [0.29, 0.717) is 0 Å². The summed E-state index contributed by atoms with van der Waals surface area (Å²) < 4.78 is 2.40. The molecule has 0 bridgehead atoms. The molecule has 0 aliphatic rings. The van der Waals surface area contributed by atoms with Gasteiger partial charge in [-0.05, 0) is 42.6 Å². The third-order valence-electron chi connectivity index (χ3n) is 5.50. The van der Waals surface area contributed by atoms with Crippen LogP contribution in [0.1, 0.15) is 62.1 Å². The zero-order chi connectivity index (χ0) is 18.9. The molecule has 0 aliphatic heterocycles. The van der Waals surface area contributed by atoms with Gasteiger partial charge in [-0.3, -0.25) is 0 Å². The second-order valence-corrected chi connectivity index (χ2v) is 7.67. The molecule has 0 saturated carbocycles. The van der Waals surface area contributed by atoms with Crippen molar-refractivity contribution in [2.24, 2.45) is 0 Å². The average Bonchev–Trinajstić information content (AvgIpc) is 3.03. The van der Waals surface area contributed by atoms with E-state index in [1.807, 2.05) is 0 Å². The van der Waals surface area contributed by atoms with Crippen molar-refractivity contribution < 1.29 is 0 Å². The smallest absolute Gasteiger partial charge is 0.0486 e. The Morgan fingerprint density at radius 3 is 2.41 bits per heavy atom. The first-order valence-corrected chi connectivity index (χ1v) is 10.6. The molecular formula is C25H34N2. The summed E-state index contributed by atoms with van der Waals surface area (Å²) in [4.78, 5) is 0. The fraction of sp³-hybridized carbons (Fsp3) is 0.440. The largest absolute Gasteiger partial charge is 0.343 e. The van der Waals surface area contributed by atoms with Gasteiger partial charge in [0.15, 0.2) is 0 Å². The molecular weight excluding hydrogens is 328 g/mol. The minimum absolute atomic E-state index is 0.935. The van der Waals surface area contributed by atoms with Crippen molar-refractivity contribution in [3.63, 3.8) is 0 Å². The number of benzene rings is 2. The van der Waals surface area contributed by atoms with Gasteiger partial charge < -0.3 is 9.88 Å². The first-order chi connectivity index (χ1) is 13.3. The van der Waals surface area contributed by atoms with Crippen LogP contribution < -0.4 is 5.32 Å². The summed E-state index contributed by atoms with van der Waals surface area (Å²) in [7, 11) is 0. The Bertz CT molecular complexity index is 831. The van der Waals surface area contributed by atoms with E-state index in [2.05, 4.69) is 78.5 Å². The molecule has 0 unspecified atom stereocenters. The normalized spacial score (nSPS) is 11.3. The SMILES string of the molecule is CCCCCCCCNCc1cn(Cc2ccccc2C)c2ccccc12. The summed E-state index contributed by atoms with van der Waals surface area (Å²) in [6.07, 6.45) is 10.5. The second-order valence-electron chi connectivity index (χ2n) is 7.67. The summed E-state index contributed by atoms with van der Waals surface area (Å²) in [6.45, 7) is 7.48. The van der Waals surface area contributed by atoms with E-state index in [1.54, 1.807) is 0 Å². The van der Waals surface area contributed by atoms with Gasteiger partial charge in [0, 0.05) is 30.2 Å². The van der Waals surface area contributed by atoms with Gasteiger partial charge in [0.05, 0.1) is 0 Å². The monoisotopic (exact) mass is 362 g/mol. The van der Waals surface area contributed by atoms with E-state index in [9.17, 15) is 0 Å². The first kappa shape index (κ1) is 19.7. The zero-order valence-electron chi connectivity index (χ0n) is 17.0. The maximum Gasteiger partial charge on any atom is 0.0486 e. The van der Waals surface area contributed by atoms with Crippen molar-refractivity contribution in [3.05, 3.63) is 71.4 Å². The molecule has 0 saturated heterocycles. The fourth-order valence-electron chi connectivity index (χ4n) is 3.82. The third-order valence-corrected chi connectivity index (χ3v) is 5.50. The van der Waals surface area contributed by atoms with Crippen molar-refractivity contribution >= 4 is 10.9 Å². The Hall–Kier alpha value is -2.06. The van der Waals surface area contributed by atoms with E-state index in [4.69, 9.17) is 0 Å². The molecule has 2 heteroatoms. The number of aromatic nitrogens is 1. The van der Waals surface area contributed by atoms with Crippen molar-refractivity contribution in [2.45, 2.75) is 65.5 Å². The highest BCUT2D eigenvalue weighted by molar-refractivity contribution is 5.84. The number of rotatable bonds is 11. The molecule has 0 atom stereocenters. The summed E-state index contributed by atoms with van der Waals surface area (Å²) in [5.41, 5.74) is 5.49. The summed E-state index contributed by atoms with van der Waals surface area (Å²) in [6, 6.07) is 17.5. The van der Waals surface area contributed by atoms with E-state index in [0.717, 1.165) is 19.6 Å². The lowest BCUT2D eigenvalue weighted by Crippen LogP contribution is -2.14. The van der Waals surface area contributed by atoms with Crippen LogP contribution in [0.3, 0.4) is 0 Å². The van der Waals surface area contributed by atoms with Gasteiger partial charge in [-0.2, -0.15) is 0 Å². The summed E-state index contributed by atoms with van der Waals surface area (Å²) in [5, 5.41) is 5.04. The molecule has 1 aromatic heterocycles. The van der Waals surface area contributed by atoms with E-state index in [1.165, 1.54) is 66.1 Å². The molecule has 27 heavy (non-hydrogen) atoms. The molecule has 0 aliphatic carbocycles. The molecule has 2 nitrogen and oxygen atoms in total. The molecule has 0 amide bonds. The van der Waals surface area contributed by atoms with E-state index < -0.39 is 0 Å². The standard InChI is InChI=1S/C25H34N2/c1-3-4-5-6-7-12-17-26-18-23-20-27(25-16-11-10-15-24(23)25)19-22-14-9-8-13-21(22)2/h8-11,13-16,20,26H,3-7,12,17-19H2,1-2H3. The molecule has 1 heterocycles. The van der Waals surface area contributed by atoms with Crippen molar-refractivity contribution in [1.29, 1.82) is 0 Å². The van der Waals surface area contributed by atoms with Crippen molar-refractivity contribution in [2.75, 3.05) is 6.54 Å². The predicted octanol–water partition coefficient (Wildman–Crippen LogP) is 6.45. The lowest BCUT2D eigenvalue weighted by atomic mass is 10.1. The lowest BCUT2D eigenvalue weighted by Gasteiger charge is -2.08. The Morgan fingerprint density at radius 1 is 0.815 bits per heavy atom. The van der Waals surface area contributed by atoms with Gasteiger partial charge in [-0.15, -0.1) is 0 Å². The van der Waals surface area contributed by atoms with Gasteiger partial charge in [0.1, 0.15) is 0 Å². The number of para-hydroxylation sites is 1.